The standard InChI is InChI=1S/C24H39N11O5/c1-13(2)6-19(23(39)40)35-21(37)17(4-3-5-30-24(26)27)33-22(38)18(8-15-10-29-12-32-15)34-20(36)16(25)7-14-9-28-11-31-14/h9-13,16-19H,3-8,25H2,1-2H3,(H,28,31)(H,29,32)(H,33,38)(H,34,36)(H,35,37)(H,39,40)(H4,26,27,30). The van der Waals surface area contributed by atoms with Gasteiger partial charge >= 0.3 is 5.97 Å². The van der Waals surface area contributed by atoms with Crippen LogP contribution in [-0.2, 0) is 32.0 Å². The Morgan fingerprint density at radius 1 is 0.900 bits per heavy atom. The van der Waals surface area contributed by atoms with Gasteiger partial charge in [-0.1, -0.05) is 13.8 Å². The lowest BCUT2D eigenvalue weighted by Crippen LogP contribution is -2.58. The Bertz CT molecular complexity index is 1110. The molecule has 16 nitrogen and oxygen atoms in total. The number of guanidine groups is 1. The van der Waals surface area contributed by atoms with E-state index in [4.69, 9.17) is 17.2 Å². The van der Waals surface area contributed by atoms with E-state index in [9.17, 15) is 24.3 Å². The minimum Gasteiger partial charge on any atom is -0.480 e. The first kappa shape index (κ1) is 31.7. The van der Waals surface area contributed by atoms with Gasteiger partial charge in [0.1, 0.15) is 18.1 Å². The average Bonchev–Trinajstić information content (AvgIpc) is 3.58. The molecular weight excluding hydrogens is 522 g/mol. The summed E-state index contributed by atoms with van der Waals surface area (Å²) in [5.41, 5.74) is 18.0. The average molecular weight is 562 g/mol. The van der Waals surface area contributed by atoms with Crippen molar-refractivity contribution in [1.82, 2.24) is 35.9 Å². The van der Waals surface area contributed by atoms with E-state index in [0.29, 0.717) is 17.8 Å². The van der Waals surface area contributed by atoms with Gasteiger partial charge in [0.05, 0.1) is 18.7 Å². The minimum atomic E-state index is -1.19. The topological polar surface area (TPSA) is 272 Å². The van der Waals surface area contributed by atoms with Crippen molar-refractivity contribution in [3.8, 4) is 0 Å². The van der Waals surface area contributed by atoms with Gasteiger partial charge in [0, 0.05) is 43.2 Å². The number of nitrogens with zero attached hydrogens (tertiary/aromatic N) is 3. The number of aliphatic imine (C=N–C) groups is 1. The molecule has 2 aromatic heterocycles. The molecule has 0 aliphatic rings. The van der Waals surface area contributed by atoms with E-state index in [-0.39, 0.29) is 44.1 Å². The fourth-order valence-electron chi connectivity index (χ4n) is 3.84. The molecule has 3 amide bonds. The number of carboxylic acid groups (broad SMARTS) is 1. The normalized spacial score (nSPS) is 14.0. The molecule has 2 rings (SSSR count). The van der Waals surface area contributed by atoms with Gasteiger partial charge in [0.2, 0.25) is 17.7 Å². The Labute approximate surface area is 231 Å². The van der Waals surface area contributed by atoms with E-state index in [1.165, 1.54) is 25.0 Å². The van der Waals surface area contributed by atoms with Crippen LogP contribution in [0.2, 0.25) is 0 Å². The smallest absolute Gasteiger partial charge is 0.326 e. The molecule has 4 unspecified atom stereocenters. The van der Waals surface area contributed by atoms with Crippen molar-refractivity contribution in [1.29, 1.82) is 0 Å². The summed E-state index contributed by atoms with van der Waals surface area (Å²) in [6.45, 7) is 3.85. The SMILES string of the molecule is CC(C)CC(NC(=O)C(CCCN=C(N)N)NC(=O)C(Cc1cnc[nH]1)NC(=O)C(N)Cc1cnc[nH]1)C(=O)O. The summed E-state index contributed by atoms with van der Waals surface area (Å²) in [5, 5.41) is 17.3. The third-order valence-corrected chi connectivity index (χ3v) is 5.84. The monoisotopic (exact) mass is 561 g/mol. The third kappa shape index (κ3) is 11.1. The van der Waals surface area contributed by atoms with E-state index < -0.39 is 47.9 Å². The number of H-pyrrole nitrogens is 2. The summed E-state index contributed by atoms with van der Waals surface area (Å²) < 4.78 is 0. The molecule has 0 bridgehead atoms. The van der Waals surface area contributed by atoms with E-state index in [1.807, 2.05) is 13.8 Å². The Balaban J connectivity index is 2.19. The van der Waals surface area contributed by atoms with Crippen molar-refractivity contribution in [3.63, 3.8) is 0 Å². The number of nitrogens with one attached hydrogen (secondary N) is 5. The van der Waals surface area contributed by atoms with E-state index in [1.54, 1.807) is 0 Å². The van der Waals surface area contributed by atoms with Crippen molar-refractivity contribution in [3.05, 3.63) is 36.4 Å². The fourth-order valence-corrected chi connectivity index (χ4v) is 3.84. The molecule has 0 aliphatic heterocycles. The van der Waals surface area contributed by atoms with Gasteiger partial charge in [-0.2, -0.15) is 0 Å². The van der Waals surface area contributed by atoms with Crippen molar-refractivity contribution in [2.45, 2.75) is 70.1 Å². The van der Waals surface area contributed by atoms with E-state index in [2.05, 4.69) is 40.9 Å². The van der Waals surface area contributed by atoms with Crippen LogP contribution in [-0.4, -0.2) is 85.4 Å². The quantitative estimate of drug-likeness (QED) is 0.0575. The first-order valence-corrected chi connectivity index (χ1v) is 12.9. The third-order valence-electron chi connectivity index (χ3n) is 5.84. The van der Waals surface area contributed by atoms with Crippen LogP contribution in [0.3, 0.4) is 0 Å². The Morgan fingerprint density at radius 3 is 1.98 bits per heavy atom. The number of carbonyl (C=O) groups is 4. The summed E-state index contributed by atoms with van der Waals surface area (Å²) in [4.78, 5) is 68.6. The zero-order valence-electron chi connectivity index (χ0n) is 22.6. The summed E-state index contributed by atoms with van der Waals surface area (Å²) >= 11 is 0. The van der Waals surface area contributed by atoms with Gasteiger partial charge in [-0.15, -0.1) is 0 Å². The highest BCUT2D eigenvalue weighted by atomic mass is 16.4. The molecule has 4 atom stereocenters. The van der Waals surface area contributed by atoms with Crippen LogP contribution in [0.4, 0.5) is 0 Å². The molecule has 12 N–H and O–H groups in total. The molecule has 40 heavy (non-hydrogen) atoms. The number of carbonyl (C=O) groups excluding carboxylic acids is 3. The molecule has 0 fully saturated rings. The van der Waals surface area contributed by atoms with Crippen LogP contribution in [0, 0.1) is 5.92 Å². The van der Waals surface area contributed by atoms with Crippen LogP contribution in [0.5, 0.6) is 0 Å². The zero-order valence-corrected chi connectivity index (χ0v) is 22.6. The number of aromatic amines is 2. The number of rotatable bonds is 17. The zero-order chi connectivity index (χ0) is 29.7. The highest BCUT2D eigenvalue weighted by Gasteiger charge is 2.31. The number of hydrogen-bond donors (Lipinski definition) is 9. The first-order chi connectivity index (χ1) is 19.0. The Hall–Kier alpha value is -4.47. The number of aromatic nitrogens is 4. The summed E-state index contributed by atoms with van der Waals surface area (Å²) in [7, 11) is 0. The lowest BCUT2D eigenvalue weighted by molar-refractivity contribution is -0.142. The van der Waals surface area contributed by atoms with Crippen molar-refractivity contribution in [2.75, 3.05) is 6.54 Å². The maximum Gasteiger partial charge on any atom is 0.326 e. The summed E-state index contributed by atoms with van der Waals surface area (Å²) in [6.07, 6.45) is 6.73. The molecule has 0 aliphatic carbocycles. The van der Waals surface area contributed by atoms with E-state index in [0.717, 1.165) is 0 Å². The summed E-state index contributed by atoms with van der Waals surface area (Å²) in [5.74, 6) is -3.27. The fraction of sp³-hybridized carbons (Fsp3) is 0.542. The maximum atomic E-state index is 13.4. The van der Waals surface area contributed by atoms with Gasteiger partial charge in [-0.25, -0.2) is 14.8 Å². The van der Waals surface area contributed by atoms with Gasteiger partial charge in [-0.3, -0.25) is 19.4 Å². The molecule has 16 heteroatoms. The van der Waals surface area contributed by atoms with Crippen LogP contribution in [0.1, 0.15) is 44.5 Å². The molecule has 2 aromatic rings. The number of amides is 3. The van der Waals surface area contributed by atoms with Crippen LogP contribution >= 0.6 is 0 Å². The van der Waals surface area contributed by atoms with Crippen molar-refractivity contribution < 1.29 is 24.3 Å². The summed E-state index contributed by atoms with van der Waals surface area (Å²) in [6, 6.07) is -4.38. The predicted octanol–water partition coefficient (Wildman–Crippen LogP) is -2.12. The molecule has 2 heterocycles. The van der Waals surface area contributed by atoms with Gasteiger partial charge in [0.25, 0.3) is 0 Å². The maximum absolute atomic E-state index is 13.4. The number of hydrogen-bond acceptors (Lipinski definition) is 8. The Morgan fingerprint density at radius 2 is 1.45 bits per heavy atom. The van der Waals surface area contributed by atoms with E-state index >= 15 is 0 Å². The highest BCUT2D eigenvalue weighted by molar-refractivity contribution is 5.94. The minimum absolute atomic E-state index is 0.00345. The molecule has 0 radical (unpaired) electrons. The van der Waals surface area contributed by atoms with Crippen LogP contribution < -0.4 is 33.2 Å². The number of aliphatic carboxylic acids is 1. The van der Waals surface area contributed by atoms with Crippen molar-refractivity contribution >= 4 is 29.7 Å². The lowest BCUT2D eigenvalue weighted by atomic mass is 10.0. The predicted molar refractivity (Wildman–Crippen MR) is 145 cm³/mol. The molecule has 0 saturated carbocycles. The molecule has 0 aromatic carbocycles. The Kier molecular flexibility index (Phi) is 12.6. The molecule has 0 spiro atoms. The van der Waals surface area contributed by atoms with Gasteiger partial charge in [0.15, 0.2) is 5.96 Å². The second kappa shape index (κ2) is 15.8. The van der Waals surface area contributed by atoms with Gasteiger partial charge < -0.3 is 48.2 Å². The molecular formula is C24H39N11O5. The number of nitrogens with two attached hydrogens (primary N) is 3. The second-order valence-electron chi connectivity index (χ2n) is 9.77. The van der Waals surface area contributed by atoms with Crippen molar-refractivity contribution in [2.24, 2.45) is 28.1 Å². The molecule has 220 valence electrons. The second-order valence-corrected chi connectivity index (χ2v) is 9.77. The van der Waals surface area contributed by atoms with Crippen LogP contribution in [0.15, 0.2) is 30.0 Å². The van der Waals surface area contributed by atoms with Gasteiger partial charge in [-0.05, 0) is 25.2 Å². The highest BCUT2D eigenvalue weighted by Crippen LogP contribution is 2.08. The lowest BCUT2D eigenvalue weighted by Gasteiger charge is -2.25. The largest absolute Gasteiger partial charge is 0.480 e. The number of imidazole rings is 2. The molecule has 0 saturated heterocycles. The first-order valence-electron chi connectivity index (χ1n) is 12.9. The van der Waals surface area contributed by atoms with Crippen LogP contribution in [0.25, 0.3) is 0 Å². The number of carboxylic acids is 1.